The predicted octanol–water partition coefficient (Wildman–Crippen LogP) is 5.47. The van der Waals surface area contributed by atoms with Gasteiger partial charge in [0.15, 0.2) is 0 Å². The average Bonchev–Trinajstić information content (AvgIpc) is 2.71. The van der Waals surface area contributed by atoms with Gasteiger partial charge in [-0.25, -0.2) is 0 Å². The number of nitrogens with zero attached hydrogens (tertiary/aromatic N) is 3. The first-order valence-corrected chi connectivity index (χ1v) is 9.54. The van der Waals surface area contributed by atoms with Crippen molar-refractivity contribution in [3.63, 3.8) is 0 Å². The Morgan fingerprint density at radius 2 is 1.69 bits per heavy atom. The molecule has 4 nitrogen and oxygen atoms in total. The lowest BCUT2D eigenvalue weighted by Gasteiger charge is -2.34. The standard InChI is InChI=1S/C22H21F6N3O/c1-4-19(20(32)30(2)3)31(13-14-6-5-7-16(10-14)21(23,24)25)17-9-8-15(12-29)18(11-17)22(26,27)28/h5-11,19H,4,13H2,1-3H3. The molecule has 0 fully saturated rings. The molecule has 0 aliphatic rings. The lowest BCUT2D eigenvalue weighted by molar-refractivity contribution is -0.138. The van der Waals surface area contributed by atoms with Gasteiger partial charge in [0.1, 0.15) is 6.04 Å². The van der Waals surface area contributed by atoms with Gasteiger partial charge in [0.25, 0.3) is 0 Å². The normalized spacial score (nSPS) is 12.8. The van der Waals surface area contributed by atoms with Crippen molar-refractivity contribution in [1.82, 2.24) is 4.90 Å². The molecule has 1 atom stereocenters. The second-order valence-corrected chi connectivity index (χ2v) is 7.32. The van der Waals surface area contributed by atoms with Gasteiger partial charge in [0.2, 0.25) is 5.91 Å². The summed E-state index contributed by atoms with van der Waals surface area (Å²) >= 11 is 0. The third-order valence-corrected chi connectivity index (χ3v) is 4.86. The second kappa shape index (κ2) is 9.51. The van der Waals surface area contributed by atoms with Crippen LogP contribution in [-0.4, -0.2) is 30.9 Å². The highest BCUT2D eigenvalue weighted by atomic mass is 19.4. The number of benzene rings is 2. The van der Waals surface area contributed by atoms with E-state index in [1.54, 1.807) is 6.92 Å². The number of amides is 1. The van der Waals surface area contributed by atoms with E-state index in [9.17, 15) is 31.1 Å². The topological polar surface area (TPSA) is 47.3 Å². The Morgan fingerprint density at radius 1 is 1.03 bits per heavy atom. The van der Waals surface area contributed by atoms with Gasteiger partial charge >= 0.3 is 12.4 Å². The van der Waals surface area contributed by atoms with Crippen molar-refractivity contribution in [2.45, 2.75) is 38.3 Å². The smallest absolute Gasteiger partial charge is 0.355 e. The van der Waals surface area contributed by atoms with Crippen LogP contribution in [0.15, 0.2) is 42.5 Å². The van der Waals surface area contributed by atoms with Crippen molar-refractivity contribution < 1.29 is 31.1 Å². The second-order valence-electron chi connectivity index (χ2n) is 7.32. The number of rotatable bonds is 6. The fraction of sp³-hybridized carbons (Fsp3) is 0.364. The molecule has 0 saturated heterocycles. The molecule has 0 aliphatic carbocycles. The Morgan fingerprint density at radius 3 is 2.19 bits per heavy atom. The number of carbonyl (C=O) groups is 1. The van der Waals surface area contributed by atoms with E-state index in [1.165, 1.54) is 48.2 Å². The molecule has 2 rings (SSSR count). The van der Waals surface area contributed by atoms with Gasteiger partial charge in [-0.2, -0.15) is 31.6 Å². The van der Waals surface area contributed by atoms with E-state index in [0.717, 1.165) is 24.3 Å². The van der Waals surface area contributed by atoms with Gasteiger partial charge in [-0.05, 0) is 42.3 Å². The van der Waals surface area contributed by atoms with E-state index in [-0.39, 0.29) is 24.2 Å². The number of anilines is 1. The molecule has 10 heteroatoms. The van der Waals surface area contributed by atoms with Crippen molar-refractivity contribution in [2.75, 3.05) is 19.0 Å². The van der Waals surface area contributed by atoms with Crippen LogP contribution in [0, 0.1) is 11.3 Å². The van der Waals surface area contributed by atoms with Crippen LogP contribution >= 0.6 is 0 Å². The van der Waals surface area contributed by atoms with Crippen molar-refractivity contribution in [2.24, 2.45) is 0 Å². The zero-order valence-electron chi connectivity index (χ0n) is 17.6. The molecule has 1 unspecified atom stereocenters. The fourth-order valence-corrected chi connectivity index (χ4v) is 3.29. The highest BCUT2D eigenvalue weighted by Gasteiger charge is 2.36. The summed E-state index contributed by atoms with van der Waals surface area (Å²) in [7, 11) is 2.96. The van der Waals surface area contributed by atoms with E-state index in [1.807, 2.05) is 0 Å². The molecule has 0 heterocycles. The lowest BCUT2D eigenvalue weighted by atomic mass is 10.0. The van der Waals surface area contributed by atoms with Crippen LogP contribution in [0.3, 0.4) is 0 Å². The molecule has 2 aromatic rings. The maximum atomic E-state index is 13.5. The molecule has 0 aromatic heterocycles. The predicted molar refractivity (Wildman–Crippen MR) is 107 cm³/mol. The largest absolute Gasteiger partial charge is 0.417 e. The molecular weight excluding hydrogens is 436 g/mol. The van der Waals surface area contributed by atoms with E-state index >= 15 is 0 Å². The summed E-state index contributed by atoms with van der Waals surface area (Å²) in [6.45, 7) is 1.41. The zero-order chi connectivity index (χ0) is 24.3. The summed E-state index contributed by atoms with van der Waals surface area (Å²) in [5, 5.41) is 9.04. The van der Waals surface area contributed by atoms with Crippen LogP contribution in [-0.2, 0) is 23.7 Å². The zero-order valence-corrected chi connectivity index (χ0v) is 17.6. The fourth-order valence-electron chi connectivity index (χ4n) is 3.29. The van der Waals surface area contributed by atoms with Crippen molar-refractivity contribution in [3.05, 3.63) is 64.7 Å². The molecule has 2 aromatic carbocycles. The van der Waals surface area contributed by atoms with E-state index in [0.29, 0.717) is 0 Å². The molecule has 0 bridgehead atoms. The van der Waals surface area contributed by atoms with E-state index in [4.69, 9.17) is 5.26 Å². The monoisotopic (exact) mass is 457 g/mol. The van der Waals surface area contributed by atoms with Crippen molar-refractivity contribution >= 4 is 11.6 Å². The number of carbonyl (C=O) groups excluding carboxylic acids is 1. The number of hydrogen-bond donors (Lipinski definition) is 0. The Labute approximate surface area is 181 Å². The number of likely N-dealkylation sites (N-methyl/N-ethyl adjacent to an activating group) is 1. The van der Waals surface area contributed by atoms with Gasteiger partial charge in [0, 0.05) is 26.3 Å². The SMILES string of the molecule is CCC(C(=O)N(C)C)N(Cc1cccc(C(F)(F)F)c1)c1ccc(C#N)c(C(F)(F)F)c1. The average molecular weight is 457 g/mol. The van der Waals surface area contributed by atoms with E-state index in [2.05, 4.69) is 0 Å². The Kier molecular flexibility index (Phi) is 7.44. The highest BCUT2D eigenvalue weighted by molar-refractivity contribution is 5.85. The third kappa shape index (κ3) is 5.72. The highest BCUT2D eigenvalue weighted by Crippen LogP contribution is 2.36. The summed E-state index contributed by atoms with van der Waals surface area (Å²) in [5.74, 6) is -0.419. The molecule has 0 spiro atoms. The van der Waals surface area contributed by atoms with Crippen LogP contribution in [0.5, 0.6) is 0 Å². The molecule has 0 N–H and O–H groups in total. The van der Waals surface area contributed by atoms with Gasteiger partial charge in [-0.15, -0.1) is 0 Å². The molecule has 1 amide bonds. The maximum Gasteiger partial charge on any atom is 0.417 e. The molecule has 0 aliphatic heterocycles. The minimum absolute atomic E-state index is 0.0317. The van der Waals surface area contributed by atoms with E-state index < -0.39 is 41.0 Å². The number of hydrogen-bond acceptors (Lipinski definition) is 3. The summed E-state index contributed by atoms with van der Waals surface area (Å²) in [5.41, 5.74) is -2.54. The molecule has 0 saturated carbocycles. The molecule has 0 radical (unpaired) electrons. The van der Waals surface area contributed by atoms with Gasteiger partial charge in [0.05, 0.1) is 22.8 Å². The molecular formula is C22H21F6N3O. The molecule has 172 valence electrons. The first-order chi connectivity index (χ1) is 14.8. The lowest BCUT2D eigenvalue weighted by Crippen LogP contribution is -2.46. The van der Waals surface area contributed by atoms with Crippen LogP contribution in [0.4, 0.5) is 32.0 Å². The van der Waals surface area contributed by atoms with Crippen molar-refractivity contribution in [1.29, 1.82) is 5.26 Å². The minimum atomic E-state index is -4.82. The Hall–Kier alpha value is -3.22. The third-order valence-electron chi connectivity index (χ3n) is 4.86. The number of nitriles is 1. The molecule has 32 heavy (non-hydrogen) atoms. The Bertz CT molecular complexity index is 1010. The summed E-state index contributed by atoms with van der Waals surface area (Å²) in [4.78, 5) is 15.3. The summed E-state index contributed by atoms with van der Waals surface area (Å²) < 4.78 is 79.8. The van der Waals surface area contributed by atoms with Crippen LogP contribution in [0.2, 0.25) is 0 Å². The number of halogens is 6. The van der Waals surface area contributed by atoms with Gasteiger partial charge < -0.3 is 9.80 Å². The summed E-state index contributed by atoms with van der Waals surface area (Å²) in [6, 6.07) is 7.94. The minimum Gasteiger partial charge on any atom is -0.355 e. The first kappa shape index (κ1) is 25.0. The van der Waals surface area contributed by atoms with Crippen LogP contribution in [0.25, 0.3) is 0 Å². The van der Waals surface area contributed by atoms with Crippen molar-refractivity contribution in [3.8, 4) is 6.07 Å². The van der Waals surface area contributed by atoms with Crippen LogP contribution in [0.1, 0.15) is 35.6 Å². The Balaban J connectivity index is 2.63. The quantitative estimate of drug-likeness (QED) is 0.541. The summed E-state index contributed by atoms with van der Waals surface area (Å²) in [6.07, 6.45) is -9.23. The maximum absolute atomic E-state index is 13.5. The van der Waals surface area contributed by atoms with Gasteiger partial charge in [-0.3, -0.25) is 4.79 Å². The van der Waals surface area contributed by atoms with Crippen LogP contribution < -0.4 is 4.90 Å². The van der Waals surface area contributed by atoms with Gasteiger partial charge in [-0.1, -0.05) is 19.1 Å². The first-order valence-electron chi connectivity index (χ1n) is 9.54. The number of alkyl halides is 6.